The van der Waals surface area contributed by atoms with E-state index in [4.69, 9.17) is 11.6 Å². The third-order valence-corrected chi connectivity index (χ3v) is 5.96. The number of hydrazine groups is 1. The molecule has 1 amide bonds. The number of amides is 1. The molecule has 7 heteroatoms. The van der Waals surface area contributed by atoms with E-state index >= 15 is 0 Å². The molecular formula is C19H26ClFN4O. The second-order valence-electron chi connectivity index (χ2n) is 8.28. The topological polar surface area (TPSA) is 65.5 Å². The number of carbonyl (C=O) groups excluding carboxylic acids is 1. The average Bonchev–Trinajstić information content (AvgIpc) is 3.00. The van der Waals surface area contributed by atoms with Gasteiger partial charge in [0.15, 0.2) is 0 Å². The number of nitrogens with zero attached hydrogens (tertiary/aromatic N) is 1. The Labute approximate surface area is 158 Å². The van der Waals surface area contributed by atoms with Crippen molar-refractivity contribution in [3.05, 3.63) is 34.6 Å². The first-order valence-corrected chi connectivity index (χ1v) is 9.43. The SMILES string of the molecule is CC(C)(C)C1CCC2NNC(C(=O)N/N=C/c3c(F)cccc3Cl)C2C1. The summed E-state index contributed by atoms with van der Waals surface area (Å²) in [5.74, 6) is 0.112. The lowest BCUT2D eigenvalue weighted by molar-refractivity contribution is -0.124. The lowest BCUT2D eigenvalue weighted by atomic mass is 9.66. The molecule has 1 aliphatic heterocycles. The molecular weight excluding hydrogens is 355 g/mol. The van der Waals surface area contributed by atoms with Gasteiger partial charge in [-0.3, -0.25) is 10.2 Å². The van der Waals surface area contributed by atoms with Crippen LogP contribution in [0.4, 0.5) is 4.39 Å². The highest BCUT2D eigenvalue weighted by molar-refractivity contribution is 6.33. The molecule has 0 bridgehead atoms. The van der Waals surface area contributed by atoms with Crippen LogP contribution in [0.3, 0.4) is 0 Å². The summed E-state index contributed by atoms with van der Waals surface area (Å²) >= 11 is 5.96. The van der Waals surface area contributed by atoms with E-state index in [0.29, 0.717) is 12.0 Å². The number of nitrogens with one attached hydrogen (secondary N) is 3. The molecule has 1 saturated carbocycles. The average molecular weight is 381 g/mol. The van der Waals surface area contributed by atoms with Gasteiger partial charge in [0.2, 0.25) is 0 Å². The maximum atomic E-state index is 13.7. The summed E-state index contributed by atoms with van der Waals surface area (Å²) in [4.78, 5) is 12.6. The van der Waals surface area contributed by atoms with Gasteiger partial charge in [-0.15, -0.1) is 0 Å². The van der Waals surface area contributed by atoms with E-state index in [1.165, 1.54) is 18.3 Å². The number of hydrogen-bond acceptors (Lipinski definition) is 4. The number of carbonyl (C=O) groups is 1. The summed E-state index contributed by atoms with van der Waals surface area (Å²) < 4.78 is 13.7. The fourth-order valence-electron chi connectivity index (χ4n) is 3.97. The van der Waals surface area contributed by atoms with Crippen molar-refractivity contribution in [2.24, 2.45) is 22.4 Å². The zero-order valence-electron chi connectivity index (χ0n) is 15.4. The normalized spacial score (nSPS) is 29.0. The van der Waals surface area contributed by atoms with Gasteiger partial charge in [0.25, 0.3) is 5.91 Å². The van der Waals surface area contributed by atoms with Crippen LogP contribution in [0.2, 0.25) is 5.02 Å². The van der Waals surface area contributed by atoms with Crippen molar-refractivity contribution < 1.29 is 9.18 Å². The van der Waals surface area contributed by atoms with Crippen LogP contribution < -0.4 is 16.3 Å². The van der Waals surface area contributed by atoms with Crippen molar-refractivity contribution in [2.75, 3.05) is 0 Å². The first-order chi connectivity index (χ1) is 12.3. The highest BCUT2D eigenvalue weighted by Crippen LogP contribution is 2.42. The molecule has 1 aromatic carbocycles. The minimum atomic E-state index is -0.475. The van der Waals surface area contributed by atoms with Crippen molar-refractivity contribution >= 4 is 23.7 Å². The van der Waals surface area contributed by atoms with E-state index in [2.05, 4.69) is 42.1 Å². The Hall–Kier alpha value is -1.50. The molecule has 0 aromatic heterocycles. The van der Waals surface area contributed by atoms with Crippen molar-refractivity contribution in [1.29, 1.82) is 0 Å². The van der Waals surface area contributed by atoms with Crippen molar-refractivity contribution in [2.45, 2.75) is 52.1 Å². The molecule has 0 radical (unpaired) electrons. The molecule has 2 fully saturated rings. The number of fused-ring (bicyclic) bond motifs is 1. The quantitative estimate of drug-likeness (QED) is 0.557. The van der Waals surface area contributed by atoms with E-state index in [9.17, 15) is 9.18 Å². The summed E-state index contributed by atoms with van der Waals surface area (Å²) in [6, 6.07) is 4.36. The van der Waals surface area contributed by atoms with Crippen molar-refractivity contribution in [3.63, 3.8) is 0 Å². The molecule has 3 rings (SSSR count). The van der Waals surface area contributed by atoms with Crippen LogP contribution in [0.1, 0.15) is 45.6 Å². The van der Waals surface area contributed by atoms with Crippen LogP contribution in [0.5, 0.6) is 0 Å². The number of rotatable bonds is 3. The number of hydrogen-bond donors (Lipinski definition) is 3. The van der Waals surface area contributed by atoms with Gasteiger partial charge >= 0.3 is 0 Å². The maximum absolute atomic E-state index is 13.7. The van der Waals surface area contributed by atoms with Gasteiger partial charge in [0.05, 0.1) is 11.2 Å². The Morgan fingerprint density at radius 2 is 2.12 bits per heavy atom. The molecule has 1 aliphatic carbocycles. The third-order valence-electron chi connectivity index (χ3n) is 5.63. The van der Waals surface area contributed by atoms with Gasteiger partial charge in [0, 0.05) is 17.5 Å². The van der Waals surface area contributed by atoms with Crippen LogP contribution in [-0.4, -0.2) is 24.2 Å². The van der Waals surface area contributed by atoms with Gasteiger partial charge in [-0.1, -0.05) is 38.4 Å². The van der Waals surface area contributed by atoms with Crippen LogP contribution >= 0.6 is 11.6 Å². The van der Waals surface area contributed by atoms with E-state index in [-0.39, 0.29) is 33.9 Å². The highest BCUT2D eigenvalue weighted by atomic mass is 35.5. The molecule has 26 heavy (non-hydrogen) atoms. The molecule has 4 atom stereocenters. The van der Waals surface area contributed by atoms with Crippen LogP contribution in [-0.2, 0) is 4.79 Å². The van der Waals surface area contributed by atoms with Gasteiger partial charge < -0.3 is 0 Å². The summed E-state index contributed by atoms with van der Waals surface area (Å²) in [5.41, 5.74) is 9.26. The minimum absolute atomic E-state index is 0.162. The second-order valence-corrected chi connectivity index (χ2v) is 8.69. The van der Waals surface area contributed by atoms with Crippen molar-refractivity contribution in [1.82, 2.24) is 16.3 Å². The smallest absolute Gasteiger partial charge is 0.258 e. The zero-order chi connectivity index (χ0) is 18.9. The largest absolute Gasteiger partial charge is 0.271 e. The Morgan fingerprint density at radius 1 is 1.35 bits per heavy atom. The van der Waals surface area contributed by atoms with Gasteiger partial charge in [-0.25, -0.2) is 15.2 Å². The zero-order valence-corrected chi connectivity index (χ0v) is 16.1. The van der Waals surface area contributed by atoms with E-state index in [1.807, 2.05) is 0 Å². The van der Waals surface area contributed by atoms with Gasteiger partial charge in [0.1, 0.15) is 11.9 Å². The highest BCUT2D eigenvalue weighted by Gasteiger charge is 2.45. The molecule has 5 nitrogen and oxygen atoms in total. The van der Waals surface area contributed by atoms with Crippen LogP contribution in [0.25, 0.3) is 0 Å². The van der Waals surface area contributed by atoms with Crippen LogP contribution in [0, 0.1) is 23.1 Å². The first kappa shape index (κ1) is 19.3. The molecule has 3 N–H and O–H groups in total. The first-order valence-electron chi connectivity index (χ1n) is 9.05. The van der Waals surface area contributed by atoms with E-state index < -0.39 is 5.82 Å². The van der Waals surface area contributed by atoms with E-state index in [0.717, 1.165) is 19.3 Å². The van der Waals surface area contributed by atoms with Gasteiger partial charge in [-0.05, 0) is 42.7 Å². The molecule has 2 aliphatic rings. The minimum Gasteiger partial charge on any atom is -0.271 e. The predicted molar refractivity (Wildman–Crippen MR) is 101 cm³/mol. The standard InChI is InChI=1S/C19H26ClFN4O/c1-19(2,3)11-7-8-16-12(9-11)17(24-23-16)18(26)25-22-10-13-14(20)5-4-6-15(13)21/h4-6,10-12,16-17,23-24H,7-9H2,1-3H3,(H,25,26)/b22-10+. The van der Waals surface area contributed by atoms with Gasteiger partial charge in [-0.2, -0.15) is 5.10 Å². The van der Waals surface area contributed by atoms with Crippen molar-refractivity contribution in [3.8, 4) is 0 Å². The van der Waals surface area contributed by atoms with Crippen LogP contribution in [0.15, 0.2) is 23.3 Å². The predicted octanol–water partition coefficient (Wildman–Crippen LogP) is 3.24. The molecule has 142 valence electrons. The Kier molecular flexibility index (Phi) is 5.65. The molecule has 1 aromatic rings. The summed E-state index contributed by atoms with van der Waals surface area (Å²) in [7, 11) is 0. The molecule has 1 heterocycles. The molecule has 4 unspecified atom stereocenters. The van der Waals surface area contributed by atoms with E-state index in [1.54, 1.807) is 6.07 Å². The lowest BCUT2D eigenvalue weighted by Crippen LogP contribution is -2.45. The third kappa shape index (κ3) is 4.08. The summed E-state index contributed by atoms with van der Waals surface area (Å²) in [5, 5.41) is 4.15. The Morgan fingerprint density at radius 3 is 2.81 bits per heavy atom. The maximum Gasteiger partial charge on any atom is 0.258 e. The fraction of sp³-hybridized carbons (Fsp3) is 0.579. The Bertz CT molecular complexity index is 683. The molecule has 0 spiro atoms. The lowest BCUT2D eigenvalue weighted by Gasteiger charge is -2.39. The number of hydrazone groups is 1. The fourth-order valence-corrected chi connectivity index (χ4v) is 4.18. The Balaban J connectivity index is 1.64. The number of benzene rings is 1. The monoisotopic (exact) mass is 380 g/mol. The number of halogens is 2. The molecule has 1 saturated heterocycles. The second kappa shape index (κ2) is 7.62. The summed E-state index contributed by atoms with van der Waals surface area (Å²) in [6.07, 6.45) is 4.46. The summed E-state index contributed by atoms with van der Waals surface area (Å²) in [6.45, 7) is 6.77.